The molecule has 2 aliphatic heterocycles. The molecule has 0 spiro atoms. The Morgan fingerprint density at radius 2 is 2.06 bits per heavy atom. The highest BCUT2D eigenvalue weighted by Crippen LogP contribution is 2.54. The summed E-state index contributed by atoms with van der Waals surface area (Å²) in [5.41, 5.74) is 2.83. The van der Waals surface area contributed by atoms with Gasteiger partial charge in [-0.05, 0) is 72.3 Å². The summed E-state index contributed by atoms with van der Waals surface area (Å²) in [7, 11) is -3.55. The van der Waals surface area contributed by atoms with Crippen molar-refractivity contribution in [3.63, 3.8) is 0 Å². The zero-order valence-corrected chi connectivity index (χ0v) is 20.4. The van der Waals surface area contributed by atoms with Crippen molar-refractivity contribution in [2.75, 3.05) is 26.0 Å². The van der Waals surface area contributed by atoms with Gasteiger partial charge in [0.1, 0.15) is 10.7 Å². The van der Waals surface area contributed by atoms with Gasteiger partial charge in [-0.1, -0.05) is 25.1 Å². The molecule has 1 saturated heterocycles. The standard InChI is InChI=1S/C25H33FN2O4S/c1-16(2)23-12-20-13-25(20,32-27-23)28-8-6-18(7-9-28)21-11-19(21)15-31-14-17-4-5-24(22(26)10-17)33(3,29)30/h4-5,10,12,16,18-19,21H,6-9,11,13-15H2,1-3H3/t19-,21+,25?/m0/s1. The molecule has 33 heavy (non-hydrogen) atoms. The van der Waals surface area contributed by atoms with Crippen LogP contribution in [0.5, 0.6) is 0 Å². The highest BCUT2D eigenvalue weighted by molar-refractivity contribution is 7.90. The van der Waals surface area contributed by atoms with E-state index < -0.39 is 15.7 Å². The molecule has 2 heterocycles. The van der Waals surface area contributed by atoms with Crippen LogP contribution in [-0.4, -0.2) is 50.7 Å². The smallest absolute Gasteiger partial charge is 0.217 e. The lowest BCUT2D eigenvalue weighted by molar-refractivity contribution is -0.0865. The minimum atomic E-state index is -3.55. The molecule has 0 bridgehead atoms. The van der Waals surface area contributed by atoms with Crippen LogP contribution in [0.4, 0.5) is 4.39 Å². The van der Waals surface area contributed by atoms with Crippen LogP contribution in [0.15, 0.2) is 39.9 Å². The van der Waals surface area contributed by atoms with Crippen LogP contribution in [0.1, 0.15) is 45.1 Å². The molecule has 1 aromatic rings. The first kappa shape index (κ1) is 23.0. The van der Waals surface area contributed by atoms with Crippen LogP contribution < -0.4 is 0 Å². The van der Waals surface area contributed by atoms with E-state index in [2.05, 4.69) is 30.0 Å². The van der Waals surface area contributed by atoms with Gasteiger partial charge in [0.15, 0.2) is 9.84 Å². The zero-order valence-electron chi connectivity index (χ0n) is 19.6. The third kappa shape index (κ3) is 4.62. The summed E-state index contributed by atoms with van der Waals surface area (Å²) in [6, 6.07) is 4.21. The average Bonchev–Trinajstić information content (AvgIpc) is 3.67. The monoisotopic (exact) mass is 476 g/mol. The van der Waals surface area contributed by atoms with E-state index in [0.29, 0.717) is 36.5 Å². The van der Waals surface area contributed by atoms with Gasteiger partial charge in [-0.2, -0.15) is 0 Å². The number of oxime groups is 1. The van der Waals surface area contributed by atoms with Crippen molar-refractivity contribution in [1.29, 1.82) is 0 Å². The average molecular weight is 477 g/mol. The van der Waals surface area contributed by atoms with Crippen molar-refractivity contribution < 1.29 is 22.4 Å². The van der Waals surface area contributed by atoms with Crippen molar-refractivity contribution in [2.45, 2.75) is 56.8 Å². The summed E-state index contributed by atoms with van der Waals surface area (Å²) < 4.78 is 43.0. The van der Waals surface area contributed by atoms with Crippen molar-refractivity contribution >= 4 is 15.5 Å². The molecule has 0 radical (unpaired) electrons. The van der Waals surface area contributed by atoms with Crippen LogP contribution in [0.2, 0.25) is 0 Å². The molecule has 1 unspecified atom stereocenters. The number of hydrogen-bond donors (Lipinski definition) is 0. The van der Waals surface area contributed by atoms with E-state index in [1.165, 1.54) is 37.0 Å². The Balaban J connectivity index is 1.05. The van der Waals surface area contributed by atoms with E-state index >= 15 is 0 Å². The van der Waals surface area contributed by atoms with Gasteiger partial charge >= 0.3 is 0 Å². The molecule has 5 rings (SSSR count). The fraction of sp³-hybridized carbons (Fsp3) is 0.640. The van der Waals surface area contributed by atoms with Gasteiger partial charge in [-0.15, -0.1) is 0 Å². The second-order valence-corrected chi connectivity index (χ2v) is 12.4. The molecule has 4 aliphatic rings. The van der Waals surface area contributed by atoms with E-state index in [1.807, 2.05) is 0 Å². The Labute approximate surface area is 195 Å². The summed E-state index contributed by atoms with van der Waals surface area (Å²) in [5.74, 6) is 1.68. The lowest BCUT2D eigenvalue weighted by atomic mass is 9.90. The SMILES string of the molecule is CC(C)C1=NOC2(N3CCC([C@H]4C[C@H]4COCc4ccc(S(C)(=O)=O)c(F)c4)CC3)CC2=C1. The highest BCUT2D eigenvalue weighted by Gasteiger charge is 2.59. The van der Waals surface area contributed by atoms with Crippen molar-refractivity contribution in [3.05, 3.63) is 41.2 Å². The van der Waals surface area contributed by atoms with E-state index in [9.17, 15) is 12.8 Å². The third-order valence-corrected chi connectivity index (χ3v) is 8.78. The Morgan fingerprint density at radius 1 is 1.30 bits per heavy atom. The molecule has 0 aromatic heterocycles. The van der Waals surface area contributed by atoms with Gasteiger partial charge in [-0.25, -0.2) is 12.8 Å². The van der Waals surface area contributed by atoms with Crippen LogP contribution in [0.3, 0.4) is 0 Å². The van der Waals surface area contributed by atoms with Gasteiger partial charge in [0.2, 0.25) is 5.72 Å². The Kier molecular flexibility index (Phi) is 5.90. The number of ether oxygens (including phenoxy) is 1. The summed E-state index contributed by atoms with van der Waals surface area (Å²) >= 11 is 0. The molecule has 3 atom stereocenters. The largest absolute Gasteiger partial charge is 0.376 e. The van der Waals surface area contributed by atoms with Crippen LogP contribution >= 0.6 is 0 Å². The molecule has 2 aliphatic carbocycles. The molecule has 180 valence electrons. The number of nitrogens with zero attached hydrogens (tertiary/aromatic N) is 2. The Hall–Kier alpha value is -1.77. The predicted octanol–water partition coefficient (Wildman–Crippen LogP) is 4.16. The summed E-state index contributed by atoms with van der Waals surface area (Å²) in [6.45, 7) is 7.35. The number of fused-ring (bicyclic) bond motifs is 1. The predicted molar refractivity (Wildman–Crippen MR) is 124 cm³/mol. The molecule has 1 aromatic carbocycles. The third-order valence-electron chi connectivity index (χ3n) is 7.65. The van der Waals surface area contributed by atoms with Crippen molar-refractivity contribution in [3.8, 4) is 0 Å². The van der Waals surface area contributed by atoms with Gasteiger partial charge in [0.25, 0.3) is 0 Å². The number of sulfone groups is 1. The molecule has 0 N–H and O–H groups in total. The second-order valence-electron chi connectivity index (χ2n) is 10.4. The fourth-order valence-electron chi connectivity index (χ4n) is 5.44. The number of likely N-dealkylation sites (tertiary alicyclic amines) is 1. The summed E-state index contributed by atoms with van der Waals surface area (Å²) in [4.78, 5) is 8.19. The van der Waals surface area contributed by atoms with E-state index in [1.54, 1.807) is 6.07 Å². The van der Waals surface area contributed by atoms with Crippen molar-refractivity contribution in [1.82, 2.24) is 4.90 Å². The molecular formula is C25H33FN2O4S. The lowest BCUT2D eigenvalue weighted by Gasteiger charge is -2.37. The summed E-state index contributed by atoms with van der Waals surface area (Å²) in [6.07, 6.45) is 7.77. The van der Waals surface area contributed by atoms with Crippen LogP contribution in [0.25, 0.3) is 0 Å². The van der Waals surface area contributed by atoms with Gasteiger partial charge in [-0.3, -0.25) is 4.90 Å². The van der Waals surface area contributed by atoms with E-state index in [4.69, 9.17) is 9.57 Å². The first-order valence-electron chi connectivity index (χ1n) is 12.0. The molecule has 3 fully saturated rings. The lowest BCUT2D eigenvalue weighted by Crippen LogP contribution is -2.45. The Morgan fingerprint density at radius 3 is 2.70 bits per heavy atom. The fourth-order valence-corrected chi connectivity index (χ4v) is 6.17. The number of rotatable bonds is 8. The first-order chi connectivity index (χ1) is 15.7. The molecule has 6 nitrogen and oxygen atoms in total. The number of halogens is 1. The number of hydrogen-bond acceptors (Lipinski definition) is 6. The van der Waals surface area contributed by atoms with Gasteiger partial charge in [0.05, 0.1) is 18.9 Å². The normalized spacial score (nSPS) is 29.8. The van der Waals surface area contributed by atoms with E-state index in [-0.39, 0.29) is 10.6 Å². The molecule has 8 heteroatoms. The molecular weight excluding hydrogens is 443 g/mol. The maximum absolute atomic E-state index is 14.0. The Bertz CT molecular complexity index is 1090. The van der Waals surface area contributed by atoms with Crippen molar-refractivity contribution in [2.24, 2.45) is 28.8 Å². The maximum atomic E-state index is 14.0. The van der Waals surface area contributed by atoms with Gasteiger partial charge in [0, 0.05) is 25.8 Å². The molecule has 0 amide bonds. The summed E-state index contributed by atoms with van der Waals surface area (Å²) in [5, 5.41) is 4.39. The molecule has 2 saturated carbocycles. The number of allylic oxidation sites excluding steroid dienone is 1. The van der Waals surface area contributed by atoms with E-state index in [0.717, 1.165) is 37.4 Å². The highest BCUT2D eigenvalue weighted by atomic mass is 32.2. The van der Waals surface area contributed by atoms with Crippen LogP contribution in [-0.2, 0) is 26.0 Å². The number of benzene rings is 1. The minimum absolute atomic E-state index is 0.253. The number of piperidine rings is 1. The quantitative estimate of drug-likeness (QED) is 0.564. The minimum Gasteiger partial charge on any atom is -0.376 e. The second kappa shape index (κ2) is 8.47. The van der Waals surface area contributed by atoms with Crippen LogP contribution in [0, 0.1) is 29.5 Å². The zero-order chi connectivity index (χ0) is 23.4. The van der Waals surface area contributed by atoms with Gasteiger partial charge < -0.3 is 9.57 Å². The first-order valence-corrected chi connectivity index (χ1v) is 13.8. The maximum Gasteiger partial charge on any atom is 0.217 e. The topological polar surface area (TPSA) is 68.2 Å².